The molecule has 1 aromatic rings. The fourth-order valence-corrected chi connectivity index (χ4v) is 2.26. The summed E-state index contributed by atoms with van der Waals surface area (Å²) in [7, 11) is 0. The summed E-state index contributed by atoms with van der Waals surface area (Å²) in [6, 6.07) is 4.39. The highest BCUT2D eigenvalue weighted by atomic mass is 16.1. The maximum absolute atomic E-state index is 11.7. The van der Waals surface area contributed by atoms with Crippen molar-refractivity contribution < 1.29 is 4.79 Å². The van der Waals surface area contributed by atoms with Gasteiger partial charge < -0.3 is 15.2 Å². The van der Waals surface area contributed by atoms with Crippen molar-refractivity contribution in [1.82, 2.24) is 15.2 Å². The van der Waals surface area contributed by atoms with E-state index in [1.165, 1.54) is 5.56 Å². The van der Waals surface area contributed by atoms with Crippen LogP contribution in [0.4, 0.5) is 0 Å². The molecule has 0 aliphatic heterocycles. The van der Waals surface area contributed by atoms with Crippen LogP contribution in [0.2, 0.25) is 0 Å². The first-order chi connectivity index (χ1) is 10.1. The SMILES string of the molecule is CCCNC(c1ccn(CC(=O)NCCC#N)c1)C(C)C. The fraction of sp³-hybridized carbons (Fsp3) is 0.625. The van der Waals surface area contributed by atoms with Gasteiger partial charge in [-0.1, -0.05) is 20.8 Å². The molecule has 5 nitrogen and oxygen atoms in total. The fourth-order valence-electron chi connectivity index (χ4n) is 2.26. The maximum atomic E-state index is 11.7. The number of hydrogen-bond acceptors (Lipinski definition) is 3. The van der Waals surface area contributed by atoms with E-state index in [4.69, 9.17) is 5.26 Å². The molecule has 0 aliphatic carbocycles. The number of hydrogen-bond donors (Lipinski definition) is 2. The topological polar surface area (TPSA) is 69.8 Å². The van der Waals surface area contributed by atoms with Crippen molar-refractivity contribution >= 4 is 5.91 Å². The molecule has 1 unspecified atom stereocenters. The Kier molecular flexibility index (Phi) is 7.55. The van der Waals surface area contributed by atoms with E-state index in [0.29, 0.717) is 31.5 Å². The summed E-state index contributed by atoms with van der Waals surface area (Å²) in [4.78, 5) is 11.7. The number of rotatable bonds is 9. The molecule has 1 rings (SSSR count). The Morgan fingerprint density at radius 2 is 2.19 bits per heavy atom. The molecule has 0 radical (unpaired) electrons. The van der Waals surface area contributed by atoms with Crippen molar-refractivity contribution in [3.8, 4) is 6.07 Å². The van der Waals surface area contributed by atoms with Crippen molar-refractivity contribution in [3.63, 3.8) is 0 Å². The smallest absolute Gasteiger partial charge is 0.239 e. The van der Waals surface area contributed by atoms with Crippen molar-refractivity contribution in [2.24, 2.45) is 5.92 Å². The molecule has 2 N–H and O–H groups in total. The minimum Gasteiger partial charge on any atom is -0.354 e. The summed E-state index contributed by atoms with van der Waals surface area (Å²) in [5.74, 6) is 0.437. The molecule has 0 fully saturated rings. The van der Waals surface area contributed by atoms with Gasteiger partial charge in [0, 0.05) is 25.0 Å². The van der Waals surface area contributed by atoms with Gasteiger partial charge in [-0.3, -0.25) is 4.79 Å². The molecule has 0 aromatic carbocycles. The highest BCUT2D eigenvalue weighted by Crippen LogP contribution is 2.21. The van der Waals surface area contributed by atoms with E-state index in [9.17, 15) is 4.79 Å². The van der Waals surface area contributed by atoms with Crippen LogP contribution >= 0.6 is 0 Å². The third-order valence-electron chi connectivity index (χ3n) is 3.30. The highest BCUT2D eigenvalue weighted by Gasteiger charge is 2.16. The van der Waals surface area contributed by atoms with Crippen LogP contribution in [-0.4, -0.2) is 23.6 Å². The molecule has 0 aliphatic rings. The third kappa shape index (κ3) is 6.01. The maximum Gasteiger partial charge on any atom is 0.239 e. The Bertz CT molecular complexity index is 473. The number of amides is 1. The number of aromatic nitrogens is 1. The Morgan fingerprint density at radius 3 is 2.81 bits per heavy atom. The van der Waals surface area contributed by atoms with Gasteiger partial charge >= 0.3 is 0 Å². The van der Waals surface area contributed by atoms with Gasteiger partial charge in [-0.15, -0.1) is 0 Å². The normalized spacial score (nSPS) is 12.1. The van der Waals surface area contributed by atoms with Gasteiger partial charge in [0.1, 0.15) is 6.54 Å². The van der Waals surface area contributed by atoms with Crippen LogP contribution in [0.5, 0.6) is 0 Å². The molecule has 21 heavy (non-hydrogen) atoms. The van der Waals surface area contributed by atoms with Crippen LogP contribution in [0.1, 0.15) is 45.2 Å². The molecule has 0 saturated heterocycles. The zero-order chi connectivity index (χ0) is 15.7. The standard InChI is InChI=1S/C16H26N4O/c1-4-8-19-16(13(2)3)14-6-10-20(11-14)12-15(21)18-9-5-7-17/h6,10-11,13,16,19H,4-5,8-9,12H2,1-3H3,(H,18,21). The Labute approximate surface area is 127 Å². The number of carbonyl (C=O) groups excluding carboxylic acids is 1. The number of nitrogens with one attached hydrogen (secondary N) is 2. The van der Waals surface area contributed by atoms with Crippen LogP contribution in [0.15, 0.2) is 18.5 Å². The van der Waals surface area contributed by atoms with Gasteiger partial charge in [-0.2, -0.15) is 5.26 Å². The number of nitriles is 1. The second kappa shape index (κ2) is 9.19. The first kappa shape index (κ1) is 17.3. The predicted molar refractivity (Wildman–Crippen MR) is 83.5 cm³/mol. The zero-order valence-electron chi connectivity index (χ0n) is 13.2. The molecule has 0 spiro atoms. The van der Waals surface area contributed by atoms with E-state index >= 15 is 0 Å². The van der Waals surface area contributed by atoms with E-state index in [2.05, 4.69) is 37.5 Å². The minimum absolute atomic E-state index is 0.0602. The van der Waals surface area contributed by atoms with Gasteiger partial charge in [0.05, 0.1) is 12.5 Å². The molecule has 1 amide bonds. The molecule has 0 bridgehead atoms. The molecule has 1 aromatic heterocycles. The van der Waals surface area contributed by atoms with E-state index in [1.54, 1.807) is 0 Å². The van der Waals surface area contributed by atoms with E-state index < -0.39 is 0 Å². The predicted octanol–water partition coefficient (Wildman–Crippen LogP) is 2.21. The van der Waals surface area contributed by atoms with E-state index in [0.717, 1.165) is 13.0 Å². The summed E-state index contributed by atoms with van der Waals surface area (Å²) in [6.07, 6.45) is 5.41. The molecular formula is C16H26N4O. The van der Waals surface area contributed by atoms with Gasteiger partial charge in [0.2, 0.25) is 5.91 Å². The van der Waals surface area contributed by atoms with Gasteiger partial charge in [-0.25, -0.2) is 0 Å². The molecule has 1 atom stereocenters. The van der Waals surface area contributed by atoms with Crippen molar-refractivity contribution in [2.75, 3.05) is 13.1 Å². The third-order valence-corrected chi connectivity index (χ3v) is 3.30. The summed E-state index contributed by atoms with van der Waals surface area (Å²) < 4.78 is 1.89. The van der Waals surface area contributed by atoms with Crippen LogP contribution in [0.3, 0.4) is 0 Å². The number of nitrogens with zero attached hydrogens (tertiary/aromatic N) is 2. The molecular weight excluding hydrogens is 264 g/mol. The largest absolute Gasteiger partial charge is 0.354 e. The Hall–Kier alpha value is -1.80. The molecule has 1 heterocycles. The van der Waals surface area contributed by atoms with Crippen LogP contribution in [0, 0.1) is 17.2 Å². The summed E-state index contributed by atoms with van der Waals surface area (Å²) in [5, 5.41) is 14.7. The lowest BCUT2D eigenvalue weighted by Crippen LogP contribution is -2.28. The Balaban J connectivity index is 2.58. The quantitative estimate of drug-likeness (QED) is 0.685. The number of carbonyl (C=O) groups is 1. The Morgan fingerprint density at radius 1 is 1.43 bits per heavy atom. The average Bonchev–Trinajstić information content (AvgIpc) is 2.87. The van der Waals surface area contributed by atoms with E-state index in [1.807, 2.05) is 23.0 Å². The van der Waals surface area contributed by atoms with Crippen LogP contribution in [-0.2, 0) is 11.3 Å². The van der Waals surface area contributed by atoms with Crippen molar-refractivity contribution in [2.45, 2.75) is 46.2 Å². The summed E-state index contributed by atoms with van der Waals surface area (Å²) >= 11 is 0. The van der Waals surface area contributed by atoms with E-state index in [-0.39, 0.29) is 5.91 Å². The van der Waals surface area contributed by atoms with Crippen LogP contribution < -0.4 is 10.6 Å². The first-order valence-electron chi connectivity index (χ1n) is 7.61. The van der Waals surface area contributed by atoms with Gasteiger partial charge in [0.25, 0.3) is 0 Å². The lowest BCUT2D eigenvalue weighted by Gasteiger charge is -2.21. The second-order valence-corrected chi connectivity index (χ2v) is 5.55. The molecule has 116 valence electrons. The first-order valence-corrected chi connectivity index (χ1v) is 7.61. The van der Waals surface area contributed by atoms with Gasteiger partial charge in [0.15, 0.2) is 0 Å². The lowest BCUT2D eigenvalue weighted by atomic mass is 9.98. The molecule has 5 heteroatoms. The zero-order valence-corrected chi connectivity index (χ0v) is 13.2. The van der Waals surface area contributed by atoms with Crippen LogP contribution in [0.25, 0.3) is 0 Å². The van der Waals surface area contributed by atoms with Crippen molar-refractivity contribution in [1.29, 1.82) is 5.26 Å². The molecule has 0 saturated carbocycles. The minimum atomic E-state index is -0.0602. The second-order valence-electron chi connectivity index (χ2n) is 5.55. The summed E-state index contributed by atoms with van der Waals surface area (Å²) in [5.41, 5.74) is 1.21. The lowest BCUT2D eigenvalue weighted by molar-refractivity contribution is -0.121. The van der Waals surface area contributed by atoms with Gasteiger partial charge in [-0.05, 0) is 30.5 Å². The monoisotopic (exact) mass is 290 g/mol. The van der Waals surface area contributed by atoms with Crippen molar-refractivity contribution in [3.05, 3.63) is 24.0 Å². The average molecular weight is 290 g/mol. The highest BCUT2D eigenvalue weighted by molar-refractivity contribution is 5.75. The summed E-state index contributed by atoms with van der Waals surface area (Å²) in [6.45, 7) is 8.24.